The molecule has 2 aliphatic heterocycles. The van der Waals surface area contributed by atoms with Gasteiger partial charge >= 0.3 is 11.9 Å². The molecular formula is C32H29N3O7. The van der Waals surface area contributed by atoms with Crippen molar-refractivity contribution >= 4 is 28.7 Å². The van der Waals surface area contributed by atoms with Gasteiger partial charge in [-0.25, -0.2) is 14.6 Å². The molecule has 2 aliphatic rings. The second-order valence-electron chi connectivity index (χ2n) is 10.4. The zero-order valence-corrected chi connectivity index (χ0v) is 23.5. The van der Waals surface area contributed by atoms with Crippen LogP contribution in [0.2, 0.25) is 0 Å². The Kier molecular flexibility index (Phi) is 6.97. The van der Waals surface area contributed by atoms with E-state index in [1.165, 1.54) is 7.11 Å². The van der Waals surface area contributed by atoms with Gasteiger partial charge in [-0.15, -0.1) is 0 Å². The molecule has 0 atom stereocenters. The summed E-state index contributed by atoms with van der Waals surface area (Å²) < 4.78 is 21.9. The monoisotopic (exact) mass is 567 g/mol. The number of hydrogen-bond acceptors (Lipinski definition) is 9. The molecule has 6 rings (SSSR count). The number of rotatable bonds is 5. The quantitative estimate of drug-likeness (QED) is 0.322. The highest BCUT2D eigenvalue weighted by Gasteiger charge is 2.44. The molecule has 4 aromatic rings. The van der Waals surface area contributed by atoms with Crippen molar-refractivity contribution in [2.24, 2.45) is 0 Å². The van der Waals surface area contributed by atoms with Crippen molar-refractivity contribution in [1.82, 2.24) is 14.9 Å². The molecule has 1 amide bonds. The SMILES string of the molecule is COC(=O)c1cccnc1-c1ccc2c(c1)C(=O)OC1(CCN(C(=O)c3cc(OC)c4cccc(OC)c4n3)CC1)C2. The summed E-state index contributed by atoms with van der Waals surface area (Å²) in [5, 5.41) is 0.756. The third kappa shape index (κ3) is 4.68. The Labute approximate surface area is 242 Å². The third-order valence-corrected chi connectivity index (χ3v) is 8.02. The zero-order chi connectivity index (χ0) is 29.4. The molecule has 4 heterocycles. The van der Waals surface area contributed by atoms with Crippen LogP contribution in [0, 0.1) is 0 Å². The van der Waals surface area contributed by atoms with Crippen LogP contribution < -0.4 is 9.47 Å². The minimum atomic E-state index is -0.706. The van der Waals surface area contributed by atoms with E-state index in [-0.39, 0.29) is 11.6 Å². The number of aromatic nitrogens is 2. The van der Waals surface area contributed by atoms with Crippen LogP contribution in [0.3, 0.4) is 0 Å². The Morgan fingerprint density at radius 1 is 0.952 bits per heavy atom. The van der Waals surface area contributed by atoms with Crippen molar-refractivity contribution in [3.8, 4) is 22.8 Å². The number of carbonyl (C=O) groups is 3. The van der Waals surface area contributed by atoms with Crippen LogP contribution in [0.25, 0.3) is 22.2 Å². The molecule has 42 heavy (non-hydrogen) atoms. The fourth-order valence-electron chi connectivity index (χ4n) is 5.81. The van der Waals surface area contributed by atoms with Gasteiger partial charge in [0.25, 0.3) is 5.91 Å². The van der Waals surface area contributed by atoms with Gasteiger partial charge in [0.2, 0.25) is 0 Å². The van der Waals surface area contributed by atoms with E-state index < -0.39 is 17.5 Å². The van der Waals surface area contributed by atoms with Crippen molar-refractivity contribution in [2.75, 3.05) is 34.4 Å². The molecule has 10 heteroatoms. The lowest BCUT2D eigenvalue weighted by Crippen LogP contribution is -2.52. The van der Waals surface area contributed by atoms with Crippen LogP contribution in [0.5, 0.6) is 11.5 Å². The fraction of sp³-hybridized carbons (Fsp3) is 0.281. The number of carbonyl (C=O) groups excluding carboxylic acids is 3. The molecule has 2 aromatic carbocycles. The Bertz CT molecular complexity index is 1730. The van der Waals surface area contributed by atoms with Gasteiger partial charge in [-0.1, -0.05) is 18.2 Å². The number of ether oxygens (including phenoxy) is 4. The maximum Gasteiger partial charge on any atom is 0.340 e. The summed E-state index contributed by atoms with van der Waals surface area (Å²) in [6.07, 6.45) is 3.10. The first kappa shape index (κ1) is 27.2. The lowest BCUT2D eigenvalue weighted by molar-refractivity contribution is -0.0527. The van der Waals surface area contributed by atoms with Crippen molar-refractivity contribution in [1.29, 1.82) is 0 Å². The van der Waals surface area contributed by atoms with Crippen molar-refractivity contribution < 1.29 is 33.3 Å². The van der Waals surface area contributed by atoms with E-state index >= 15 is 0 Å². The zero-order valence-electron chi connectivity index (χ0n) is 23.5. The van der Waals surface area contributed by atoms with Gasteiger partial charge < -0.3 is 23.8 Å². The lowest BCUT2D eigenvalue weighted by Gasteiger charge is -2.43. The van der Waals surface area contributed by atoms with E-state index in [4.69, 9.17) is 18.9 Å². The fourth-order valence-corrected chi connectivity index (χ4v) is 5.81. The first-order valence-corrected chi connectivity index (χ1v) is 13.6. The van der Waals surface area contributed by atoms with E-state index in [1.807, 2.05) is 24.3 Å². The summed E-state index contributed by atoms with van der Waals surface area (Å²) in [5.41, 5.74) is 2.79. The second-order valence-corrected chi connectivity index (χ2v) is 10.4. The molecule has 0 saturated carbocycles. The summed E-state index contributed by atoms with van der Waals surface area (Å²) in [5.74, 6) is -0.0626. The summed E-state index contributed by atoms with van der Waals surface area (Å²) in [4.78, 5) is 49.7. The molecule has 1 spiro atoms. The second kappa shape index (κ2) is 10.8. The number of nitrogens with zero attached hydrogens (tertiary/aromatic N) is 3. The molecule has 10 nitrogen and oxygen atoms in total. The van der Waals surface area contributed by atoms with Crippen LogP contribution in [-0.4, -0.2) is 72.7 Å². The Morgan fingerprint density at radius 3 is 2.48 bits per heavy atom. The Balaban J connectivity index is 1.21. The smallest absolute Gasteiger partial charge is 0.340 e. The summed E-state index contributed by atoms with van der Waals surface area (Å²) in [6, 6.07) is 15.9. The normalized spacial score (nSPS) is 15.6. The predicted molar refractivity (Wildman–Crippen MR) is 153 cm³/mol. The highest BCUT2D eigenvalue weighted by atomic mass is 16.6. The molecule has 1 saturated heterocycles. The van der Waals surface area contributed by atoms with Crippen LogP contribution in [0.1, 0.15) is 49.6 Å². The number of fused-ring (bicyclic) bond motifs is 2. The van der Waals surface area contributed by atoms with Gasteiger partial charge in [-0.05, 0) is 35.9 Å². The number of para-hydroxylation sites is 1. The van der Waals surface area contributed by atoms with Crippen LogP contribution in [0.15, 0.2) is 60.8 Å². The number of methoxy groups -OCH3 is 3. The first-order chi connectivity index (χ1) is 20.4. The van der Waals surface area contributed by atoms with E-state index in [0.717, 1.165) is 10.9 Å². The van der Waals surface area contributed by atoms with Crippen molar-refractivity contribution in [3.63, 3.8) is 0 Å². The molecule has 0 N–H and O–H groups in total. The summed E-state index contributed by atoms with van der Waals surface area (Å²) in [7, 11) is 4.43. The Morgan fingerprint density at radius 2 is 1.74 bits per heavy atom. The third-order valence-electron chi connectivity index (χ3n) is 8.02. The standard InChI is InChI=1S/C32H29N3O7/c1-39-25-8-4-6-21-26(40-2)17-24(34-28(21)25)29(36)35-14-11-32(12-15-35)18-20-10-9-19(16-23(20)31(38)42-32)27-22(30(37)41-3)7-5-13-33-27/h4-10,13,16-17H,11-12,14-15,18H2,1-3H3. The number of likely N-dealkylation sites (tertiary alicyclic amines) is 1. The van der Waals surface area contributed by atoms with E-state index in [2.05, 4.69) is 9.97 Å². The maximum atomic E-state index is 13.5. The number of benzene rings is 2. The molecule has 0 radical (unpaired) electrons. The first-order valence-electron chi connectivity index (χ1n) is 13.6. The van der Waals surface area contributed by atoms with Gasteiger partial charge in [-0.3, -0.25) is 9.78 Å². The van der Waals surface area contributed by atoms with Crippen LogP contribution >= 0.6 is 0 Å². The largest absolute Gasteiger partial charge is 0.496 e. The number of piperidine rings is 1. The average molecular weight is 568 g/mol. The van der Waals surface area contributed by atoms with Gasteiger partial charge in [0.1, 0.15) is 28.3 Å². The number of hydrogen-bond donors (Lipinski definition) is 0. The number of esters is 2. The minimum absolute atomic E-state index is 0.222. The molecule has 1 fully saturated rings. The van der Waals surface area contributed by atoms with Gasteiger partial charge in [0.15, 0.2) is 0 Å². The topological polar surface area (TPSA) is 117 Å². The number of pyridine rings is 2. The Hall–Kier alpha value is -4.99. The minimum Gasteiger partial charge on any atom is -0.496 e. The average Bonchev–Trinajstić information content (AvgIpc) is 3.03. The molecule has 2 aromatic heterocycles. The van der Waals surface area contributed by atoms with E-state index in [9.17, 15) is 14.4 Å². The van der Waals surface area contributed by atoms with Gasteiger partial charge in [-0.2, -0.15) is 0 Å². The predicted octanol–water partition coefficient (Wildman–Crippen LogP) is 4.49. The van der Waals surface area contributed by atoms with Crippen molar-refractivity contribution in [3.05, 3.63) is 83.2 Å². The molecule has 0 unspecified atom stereocenters. The van der Waals surface area contributed by atoms with Crippen molar-refractivity contribution in [2.45, 2.75) is 24.9 Å². The highest BCUT2D eigenvalue weighted by Crippen LogP contribution is 2.38. The maximum absolute atomic E-state index is 13.5. The molecular weight excluding hydrogens is 538 g/mol. The summed E-state index contributed by atoms with van der Waals surface area (Å²) in [6.45, 7) is 0.813. The number of amides is 1. The molecule has 0 aliphatic carbocycles. The van der Waals surface area contributed by atoms with Gasteiger partial charge in [0.05, 0.1) is 38.2 Å². The van der Waals surface area contributed by atoms with Crippen LogP contribution in [0.4, 0.5) is 0 Å². The lowest BCUT2D eigenvalue weighted by atomic mass is 9.81. The van der Waals surface area contributed by atoms with E-state index in [1.54, 1.807) is 55.6 Å². The highest BCUT2D eigenvalue weighted by molar-refractivity contribution is 5.99. The van der Waals surface area contributed by atoms with Crippen LogP contribution in [-0.2, 0) is 15.9 Å². The molecule has 0 bridgehead atoms. The summed E-state index contributed by atoms with van der Waals surface area (Å²) >= 11 is 0. The van der Waals surface area contributed by atoms with Gasteiger partial charge in [0, 0.05) is 55.6 Å². The van der Waals surface area contributed by atoms with E-state index in [0.29, 0.717) is 71.8 Å². The molecule has 214 valence electrons.